The van der Waals surface area contributed by atoms with Crippen molar-refractivity contribution < 1.29 is 0 Å². The second kappa shape index (κ2) is 4.35. The molecule has 2 rings (SSSR count). The van der Waals surface area contributed by atoms with Gasteiger partial charge in [0, 0.05) is 26.5 Å². The highest BCUT2D eigenvalue weighted by Crippen LogP contribution is 2.17. The molecule has 1 aromatic carbocycles. The molecule has 0 aliphatic carbocycles. The van der Waals surface area contributed by atoms with Crippen molar-refractivity contribution in [1.82, 2.24) is 9.80 Å². The van der Waals surface area contributed by atoms with Crippen LogP contribution in [0.5, 0.6) is 0 Å². The van der Waals surface area contributed by atoms with E-state index < -0.39 is 0 Å². The lowest BCUT2D eigenvalue weighted by Crippen LogP contribution is -2.31. The zero-order valence-corrected chi connectivity index (χ0v) is 9.83. The van der Waals surface area contributed by atoms with Gasteiger partial charge < -0.3 is 9.80 Å². The zero-order chi connectivity index (χ0) is 11.5. The summed E-state index contributed by atoms with van der Waals surface area (Å²) in [6.07, 6.45) is 3.94. The van der Waals surface area contributed by atoms with Crippen molar-refractivity contribution in [3.05, 3.63) is 42.2 Å². The van der Waals surface area contributed by atoms with Crippen LogP contribution in [-0.2, 0) is 0 Å². The molecule has 0 saturated heterocycles. The first-order valence-corrected chi connectivity index (χ1v) is 5.26. The number of azo groups is 1. The van der Waals surface area contributed by atoms with Crippen molar-refractivity contribution in [2.24, 2.45) is 10.2 Å². The van der Waals surface area contributed by atoms with Crippen LogP contribution in [-0.4, -0.2) is 30.2 Å². The van der Waals surface area contributed by atoms with Crippen molar-refractivity contribution in [3.8, 4) is 0 Å². The predicted octanol–water partition coefficient (Wildman–Crippen LogP) is 2.71. The van der Waals surface area contributed by atoms with Crippen molar-refractivity contribution >= 4 is 5.69 Å². The maximum atomic E-state index is 4.30. The first-order chi connectivity index (χ1) is 7.66. The molecule has 1 aliphatic rings. The minimum atomic E-state index is -0.0266. The summed E-state index contributed by atoms with van der Waals surface area (Å²) in [5.74, 6) is 0. The third kappa shape index (κ3) is 2.21. The Morgan fingerprint density at radius 2 is 1.56 bits per heavy atom. The summed E-state index contributed by atoms with van der Waals surface area (Å²) >= 11 is 0. The molecule has 0 fully saturated rings. The molecule has 0 N–H and O–H groups in total. The fourth-order valence-electron chi connectivity index (χ4n) is 1.54. The fourth-order valence-corrected chi connectivity index (χ4v) is 1.54. The maximum absolute atomic E-state index is 4.30. The molecule has 0 aromatic heterocycles. The van der Waals surface area contributed by atoms with Gasteiger partial charge in [-0.15, -0.1) is 5.11 Å². The van der Waals surface area contributed by atoms with Gasteiger partial charge in [-0.2, -0.15) is 5.11 Å². The van der Waals surface area contributed by atoms with Gasteiger partial charge >= 0.3 is 0 Å². The molecule has 0 bridgehead atoms. The molecule has 84 valence electrons. The molecule has 0 atom stereocenters. The predicted molar refractivity (Wildman–Crippen MR) is 64.1 cm³/mol. The van der Waals surface area contributed by atoms with E-state index in [9.17, 15) is 0 Å². The Labute approximate surface area is 95.9 Å². The van der Waals surface area contributed by atoms with Crippen LogP contribution in [0.2, 0.25) is 0 Å². The molecular weight excluding hydrogens is 200 g/mol. The Balaban J connectivity index is 2.07. The number of benzene rings is 1. The molecule has 4 heteroatoms. The number of hydrogen-bond donors (Lipinski definition) is 0. The highest BCUT2D eigenvalue weighted by atomic mass is 15.5. The second-order valence-electron chi connectivity index (χ2n) is 4.03. The van der Waals surface area contributed by atoms with E-state index >= 15 is 0 Å². The molecule has 1 aromatic rings. The Bertz CT molecular complexity index is 396. The Morgan fingerprint density at radius 3 is 2.12 bits per heavy atom. The summed E-state index contributed by atoms with van der Waals surface area (Å²) in [7, 11) is 3.97. The summed E-state index contributed by atoms with van der Waals surface area (Å²) in [4.78, 5) is 4.02. The molecule has 4 nitrogen and oxygen atoms in total. The fraction of sp³-hybridized carbons (Fsp3) is 0.333. The van der Waals surface area contributed by atoms with Crippen LogP contribution < -0.4 is 0 Å². The lowest BCUT2D eigenvalue weighted by atomic mass is 10.2. The van der Waals surface area contributed by atoms with E-state index in [-0.39, 0.29) is 6.29 Å². The Morgan fingerprint density at radius 1 is 1.00 bits per heavy atom. The van der Waals surface area contributed by atoms with Crippen molar-refractivity contribution in [3.63, 3.8) is 0 Å². The van der Waals surface area contributed by atoms with Gasteiger partial charge in [0.2, 0.25) is 6.29 Å². The number of aryl methyl sites for hydroxylation is 1. The number of nitrogens with zero attached hydrogens (tertiary/aromatic N) is 4. The van der Waals surface area contributed by atoms with E-state index in [1.165, 1.54) is 5.56 Å². The third-order valence-corrected chi connectivity index (χ3v) is 2.58. The van der Waals surface area contributed by atoms with Crippen molar-refractivity contribution in [2.45, 2.75) is 13.2 Å². The molecule has 0 unspecified atom stereocenters. The van der Waals surface area contributed by atoms with Crippen LogP contribution in [0, 0.1) is 6.92 Å². The summed E-state index contributed by atoms with van der Waals surface area (Å²) in [5.41, 5.74) is 2.12. The second-order valence-corrected chi connectivity index (χ2v) is 4.03. The van der Waals surface area contributed by atoms with E-state index in [2.05, 4.69) is 17.2 Å². The smallest absolute Gasteiger partial charge is 0.217 e. The first-order valence-electron chi connectivity index (χ1n) is 5.26. The van der Waals surface area contributed by atoms with Crippen molar-refractivity contribution in [1.29, 1.82) is 0 Å². The molecule has 0 spiro atoms. The van der Waals surface area contributed by atoms with Gasteiger partial charge in [0.1, 0.15) is 0 Å². The van der Waals surface area contributed by atoms with E-state index in [0.717, 1.165) is 5.69 Å². The van der Waals surface area contributed by atoms with E-state index in [4.69, 9.17) is 0 Å². The van der Waals surface area contributed by atoms with Crippen molar-refractivity contribution in [2.75, 3.05) is 14.1 Å². The van der Waals surface area contributed by atoms with Gasteiger partial charge in [0.25, 0.3) is 0 Å². The Kier molecular flexibility index (Phi) is 2.90. The lowest BCUT2D eigenvalue weighted by molar-refractivity contribution is 0.206. The van der Waals surface area contributed by atoms with Gasteiger partial charge in [0.15, 0.2) is 0 Å². The van der Waals surface area contributed by atoms with E-state index in [0.29, 0.717) is 0 Å². The maximum Gasteiger partial charge on any atom is 0.217 e. The first kappa shape index (κ1) is 10.7. The molecule has 0 radical (unpaired) electrons. The van der Waals surface area contributed by atoms with Crippen LogP contribution >= 0.6 is 0 Å². The third-order valence-electron chi connectivity index (χ3n) is 2.58. The van der Waals surface area contributed by atoms with Crippen LogP contribution in [0.1, 0.15) is 5.56 Å². The SMILES string of the molecule is Cc1ccc(/N=N/C2N(C)C=CN2C)cc1. The van der Waals surface area contributed by atoms with E-state index in [1.54, 1.807) is 0 Å². The standard InChI is InChI=1S/C12H16N4/c1-10-4-6-11(7-5-10)13-14-12-15(2)8-9-16(12)3/h4-9,12H,1-3H3/b14-13+. The lowest BCUT2D eigenvalue weighted by Gasteiger charge is -2.21. The average Bonchev–Trinajstić information content (AvgIpc) is 2.59. The highest BCUT2D eigenvalue weighted by Gasteiger charge is 2.18. The molecule has 16 heavy (non-hydrogen) atoms. The molecule has 0 amide bonds. The van der Waals surface area contributed by atoms with Crippen LogP contribution in [0.3, 0.4) is 0 Å². The summed E-state index contributed by atoms with van der Waals surface area (Å²) in [6.45, 7) is 2.06. The van der Waals surface area contributed by atoms with Crippen LogP contribution in [0.25, 0.3) is 0 Å². The normalized spacial score (nSPS) is 16.7. The summed E-state index contributed by atoms with van der Waals surface area (Å²) in [5, 5.41) is 8.53. The van der Waals surface area contributed by atoms with Crippen LogP contribution in [0.4, 0.5) is 5.69 Å². The topological polar surface area (TPSA) is 31.2 Å². The monoisotopic (exact) mass is 216 g/mol. The Hall–Kier alpha value is -1.84. The van der Waals surface area contributed by atoms with E-state index in [1.807, 2.05) is 60.6 Å². The van der Waals surface area contributed by atoms with Gasteiger partial charge in [-0.25, -0.2) is 0 Å². The van der Waals surface area contributed by atoms with Gasteiger partial charge in [-0.3, -0.25) is 0 Å². The number of rotatable bonds is 2. The van der Waals surface area contributed by atoms with Crippen LogP contribution in [0.15, 0.2) is 46.9 Å². The highest BCUT2D eigenvalue weighted by molar-refractivity contribution is 5.37. The molecule has 1 heterocycles. The molecule has 0 saturated carbocycles. The summed E-state index contributed by atoms with van der Waals surface area (Å²) in [6, 6.07) is 8.02. The average molecular weight is 216 g/mol. The van der Waals surface area contributed by atoms with Gasteiger partial charge in [-0.1, -0.05) is 17.7 Å². The molecular formula is C12H16N4. The minimum absolute atomic E-state index is 0.0266. The number of hydrogen-bond acceptors (Lipinski definition) is 4. The largest absolute Gasteiger partial charge is 0.340 e. The molecule has 1 aliphatic heterocycles. The summed E-state index contributed by atoms with van der Waals surface area (Å²) < 4.78 is 0. The quantitative estimate of drug-likeness (QED) is 0.712. The minimum Gasteiger partial charge on any atom is -0.340 e. The van der Waals surface area contributed by atoms with Gasteiger partial charge in [-0.05, 0) is 19.1 Å². The zero-order valence-electron chi connectivity index (χ0n) is 9.83. The van der Waals surface area contributed by atoms with Gasteiger partial charge in [0.05, 0.1) is 5.69 Å².